The number of halogens is 5. The van der Waals surface area contributed by atoms with Gasteiger partial charge in [0.15, 0.2) is 0 Å². The summed E-state index contributed by atoms with van der Waals surface area (Å²) in [7, 11) is 1.97. The zero-order valence-electron chi connectivity index (χ0n) is 51.8. The molecule has 4 saturated heterocycles. The first-order valence-electron chi connectivity index (χ1n) is 30.5. The molecule has 5 amide bonds. The Labute approximate surface area is 524 Å². The number of β-amino-alcohol motifs (C(OH)–C–C–N with tert-alkyl or cyclic N) is 1. The van der Waals surface area contributed by atoms with Gasteiger partial charge in [-0.15, -0.1) is 11.3 Å². The van der Waals surface area contributed by atoms with Gasteiger partial charge < -0.3 is 45.6 Å². The average Bonchev–Trinajstić information content (AvgIpc) is 0.936. The fraction of sp³-hybridized carbons (Fsp3) is 0.455. The zero-order chi connectivity index (χ0) is 64.5. The van der Waals surface area contributed by atoms with Crippen molar-refractivity contribution in [1.29, 1.82) is 0 Å². The molecule has 0 radical (unpaired) electrons. The van der Waals surface area contributed by atoms with Gasteiger partial charge in [-0.05, 0) is 112 Å². The van der Waals surface area contributed by atoms with Crippen LogP contribution in [-0.4, -0.2) is 161 Å². The molecule has 0 spiro atoms. The van der Waals surface area contributed by atoms with Gasteiger partial charge in [0.1, 0.15) is 23.7 Å². The van der Waals surface area contributed by atoms with Crippen LogP contribution in [0.15, 0.2) is 96.8 Å². The number of carbonyl (C=O) groups is 5. The summed E-state index contributed by atoms with van der Waals surface area (Å²) >= 11 is 1.56. The molecule has 10 rings (SSSR count). The number of carbonyl (C=O) groups excluding carboxylic acids is 5. The van der Waals surface area contributed by atoms with Gasteiger partial charge in [0.05, 0.1) is 57.1 Å². The molecule has 4 aliphatic heterocycles. The number of piperidine rings is 1. The number of thiazole rings is 1. The lowest BCUT2D eigenvalue weighted by molar-refractivity contribution is -0.144. The van der Waals surface area contributed by atoms with Crippen LogP contribution in [0.5, 0.6) is 0 Å². The molecule has 4 aliphatic rings. The van der Waals surface area contributed by atoms with Crippen LogP contribution >= 0.6 is 11.3 Å². The van der Waals surface area contributed by atoms with E-state index in [4.69, 9.17) is 0 Å². The van der Waals surface area contributed by atoms with Crippen LogP contribution in [0.4, 0.5) is 45.0 Å². The SMILES string of the molecule is Cc1ncsc1-c1ccc([C@H](C)NC(=O)[C@@H]2C[C@@H](O)CN2C(=O)[C@@H](NC(=O)Cc2ccc(N3CCC(C(=O)N4CCN(c5ncc(-c6cc(NC(=O)c7ccc(F)cc7C(F)(F)F)c(N7C[C@@H](C)N(C)[C@@H](C)C7)cc6F)cn5)CC4)CC3)cc2)C(C)(C)C)cc1. The van der Waals surface area contributed by atoms with E-state index in [1.165, 1.54) is 29.4 Å². The normalized spacial score (nSPS) is 20.2. The van der Waals surface area contributed by atoms with Crippen molar-refractivity contribution in [2.24, 2.45) is 11.3 Å². The van der Waals surface area contributed by atoms with Crippen LogP contribution in [0.3, 0.4) is 0 Å². The molecule has 18 nitrogen and oxygen atoms in total. The van der Waals surface area contributed by atoms with Crippen LogP contribution in [0.25, 0.3) is 21.6 Å². The van der Waals surface area contributed by atoms with Crippen LogP contribution < -0.4 is 30.7 Å². The van der Waals surface area contributed by atoms with Crippen molar-refractivity contribution >= 4 is 63.9 Å². The highest BCUT2D eigenvalue weighted by Gasteiger charge is 2.45. The molecule has 478 valence electrons. The zero-order valence-corrected chi connectivity index (χ0v) is 52.6. The topological polar surface area (TPSA) is 200 Å². The van der Waals surface area contributed by atoms with Crippen LogP contribution in [0, 0.1) is 29.9 Å². The first kappa shape index (κ1) is 64.9. The highest BCUT2D eigenvalue weighted by molar-refractivity contribution is 7.13. The Bertz CT molecular complexity index is 3580. The minimum atomic E-state index is -5.03. The van der Waals surface area contributed by atoms with Gasteiger partial charge in [0, 0.05) is 113 Å². The Hall–Kier alpha value is -8.09. The number of aliphatic hydroxyl groups excluding tert-OH is 1. The number of likely N-dealkylation sites (N-methyl/N-ethyl adjacent to an activating group) is 1. The predicted molar refractivity (Wildman–Crippen MR) is 336 cm³/mol. The lowest BCUT2D eigenvalue weighted by atomic mass is 9.85. The van der Waals surface area contributed by atoms with Crippen LogP contribution in [-0.2, 0) is 31.8 Å². The number of anilines is 4. The minimum absolute atomic E-state index is 0.00187. The van der Waals surface area contributed by atoms with Gasteiger partial charge in [-0.25, -0.2) is 23.7 Å². The van der Waals surface area contributed by atoms with Crippen molar-refractivity contribution in [3.63, 3.8) is 0 Å². The Morgan fingerprint density at radius 3 is 2.03 bits per heavy atom. The fourth-order valence-corrected chi connectivity index (χ4v) is 13.3. The quantitative estimate of drug-likeness (QED) is 0.0711. The van der Waals surface area contributed by atoms with Gasteiger partial charge in [-0.1, -0.05) is 57.2 Å². The van der Waals surface area contributed by atoms with E-state index in [1.807, 2.05) is 119 Å². The number of benzene rings is 4. The summed E-state index contributed by atoms with van der Waals surface area (Å²) in [6.07, 6.45) is -1.70. The van der Waals surface area contributed by atoms with Crippen molar-refractivity contribution in [3.8, 4) is 21.6 Å². The Balaban J connectivity index is 0.704. The second-order valence-corrected chi connectivity index (χ2v) is 26.2. The van der Waals surface area contributed by atoms with E-state index in [2.05, 4.69) is 40.7 Å². The minimum Gasteiger partial charge on any atom is -0.391 e. The van der Waals surface area contributed by atoms with Gasteiger partial charge in [-0.3, -0.25) is 28.9 Å². The number of aryl methyl sites for hydroxylation is 1. The third kappa shape index (κ3) is 14.6. The highest BCUT2D eigenvalue weighted by atomic mass is 32.1. The second kappa shape index (κ2) is 26.8. The summed E-state index contributed by atoms with van der Waals surface area (Å²) in [6.45, 7) is 17.2. The number of hydrogen-bond donors (Lipinski definition) is 4. The molecule has 0 bridgehead atoms. The molecule has 6 aromatic rings. The van der Waals surface area contributed by atoms with Crippen molar-refractivity contribution in [3.05, 3.63) is 136 Å². The molecule has 2 aromatic heterocycles. The molecule has 24 heteroatoms. The fourth-order valence-electron chi connectivity index (χ4n) is 12.5. The molecule has 0 unspecified atom stereocenters. The van der Waals surface area contributed by atoms with E-state index < -0.39 is 64.4 Å². The van der Waals surface area contributed by atoms with Gasteiger partial charge in [-0.2, -0.15) is 13.2 Å². The molecule has 6 heterocycles. The van der Waals surface area contributed by atoms with Crippen LogP contribution in [0.2, 0.25) is 0 Å². The third-order valence-electron chi connectivity index (χ3n) is 18.0. The number of aliphatic hydroxyl groups is 1. The van der Waals surface area contributed by atoms with Gasteiger partial charge in [0.2, 0.25) is 29.6 Å². The summed E-state index contributed by atoms with van der Waals surface area (Å²) in [5.41, 5.74) is 3.96. The molecular weight excluding hydrogens is 1180 g/mol. The third-order valence-corrected chi connectivity index (χ3v) is 18.9. The Morgan fingerprint density at radius 2 is 1.42 bits per heavy atom. The Morgan fingerprint density at radius 1 is 0.767 bits per heavy atom. The standard InChI is InChI=1S/C66H77F5N12O6S/c1-38-34-82(35-39(2)78(38)8)55-31-53(68)51(30-54(55)76-60(86)50-18-15-47(67)28-52(50)66(69,70)71)46-32-72-64(73-33-46)81-25-23-80(24-26-81)62(88)45-19-21-79(22-20-45)48-16-9-42(10-17-48)27-57(85)77-59(65(5,6)7)63(89)83-36-49(84)29-56(83)61(87)75-40(3)43-11-13-44(14-12-43)58-41(4)74-37-90-58/h9-18,28,30-33,37-40,45,49,56,59,84H,19-27,29,34-36H2,1-8H3,(H,75,87)(H,76,86)(H,77,85)/t38-,39+,40-,49+,56-,59+/m0/s1. The number of nitrogens with one attached hydrogen (secondary N) is 3. The van der Waals surface area contributed by atoms with Crippen molar-refractivity contribution in [2.75, 3.05) is 86.0 Å². The summed E-state index contributed by atoms with van der Waals surface area (Å²) < 4.78 is 72.4. The number of likely N-dealkylation sites (tertiary alicyclic amines) is 1. The molecule has 4 N–H and O–H groups in total. The molecule has 90 heavy (non-hydrogen) atoms. The van der Waals surface area contributed by atoms with Gasteiger partial charge >= 0.3 is 6.18 Å². The number of rotatable bonds is 15. The lowest BCUT2D eigenvalue weighted by Crippen LogP contribution is -2.58. The molecule has 0 aliphatic carbocycles. The molecule has 6 atom stereocenters. The van der Waals surface area contributed by atoms with E-state index in [-0.39, 0.29) is 89.7 Å². The maximum atomic E-state index is 16.3. The molecule has 4 aromatic carbocycles. The molecule has 4 fully saturated rings. The number of hydrogen-bond acceptors (Lipinski definition) is 14. The largest absolute Gasteiger partial charge is 0.417 e. The Kier molecular flexibility index (Phi) is 19.3. The maximum Gasteiger partial charge on any atom is 0.417 e. The first-order chi connectivity index (χ1) is 42.7. The smallest absolute Gasteiger partial charge is 0.391 e. The number of piperazine rings is 2. The first-order valence-corrected chi connectivity index (χ1v) is 31.4. The predicted octanol–water partition coefficient (Wildman–Crippen LogP) is 9.13. The van der Waals surface area contributed by atoms with E-state index >= 15 is 4.39 Å². The second-order valence-electron chi connectivity index (χ2n) is 25.3. The summed E-state index contributed by atoms with van der Waals surface area (Å²) in [5, 5.41) is 19.3. The summed E-state index contributed by atoms with van der Waals surface area (Å²) in [5.74, 6) is -3.90. The van der Waals surface area contributed by atoms with E-state index in [9.17, 15) is 46.6 Å². The lowest BCUT2D eigenvalue weighted by Gasteiger charge is -2.44. The summed E-state index contributed by atoms with van der Waals surface area (Å²) in [4.78, 5) is 95.4. The monoisotopic (exact) mass is 1260 g/mol. The van der Waals surface area contributed by atoms with E-state index in [0.29, 0.717) is 71.1 Å². The average molecular weight is 1260 g/mol. The van der Waals surface area contributed by atoms with Crippen molar-refractivity contribution in [2.45, 2.75) is 117 Å². The van der Waals surface area contributed by atoms with Crippen LogP contribution in [0.1, 0.15) is 99.6 Å². The van der Waals surface area contributed by atoms with E-state index in [0.717, 1.165) is 45.1 Å². The highest BCUT2D eigenvalue weighted by Crippen LogP contribution is 2.39. The number of nitrogens with zero attached hydrogens (tertiary/aromatic N) is 9. The summed E-state index contributed by atoms with van der Waals surface area (Å²) in [6, 6.07) is 17.7. The van der Waals surface area contributed by atoms with E-state index in [1.54, 1.807) is 16.8 Å². The number of alkyl halides is 3. The van der Waals surface area contributed by atoms with Crippen molar-refractivity contribution in [1.82, 2.24) is 40.3 Å². The maximum absolute atomic E-state index is 16.3. The molecular formula is C66H77F5N12O6S. The number of amides is 5. The van der Waals surface area contributed by atoms with Crippen molar-refractivity contribution < 1.29 is 51.0 Å². The number of aromatic nitrogens is 3. The van der Waals surface area contributed by atoms with Gasteiger partial charge in [0.25, 0.3) is 5.91 Å². The molecule has 0 saturated carbocycles.